The Morgan fingerprint density at radius 2 is 2.05 bits per heavy atom. The molecule has 3 rings (SSSR count). The molecular formula is C15H21ClN4. The van der Waals surface area contributed by atoms with Crippen LogP contribution in [0.5, 0.6) is 0 Å². The molecule has 0 saturated carbocycles. The molecule has 0 spiro atoms. The van der Waals surface area contributed by atoms with Crippen LogP contribution in [0.3, 0.4) is 0 Å². The van der Waals surface area contributed by atoms with E-state index < -0.39 is 0 Å². The third kappa shape index (κ3) is 3.39. The predicted molar refractivity (Wildman–Crippen MR) is 83.6 cm³/mol. The third-order valence-electron chi connectivity index (χ3n) is 3.56. The fraction of sp³-hybridized carbons (Fsp3) is 0.400. The Morgan fingerprint density at radius 3 is 2.80 bits per heavy atom. The number of para-hydroxylation sites is 1. The van der Waals surface area contributed by atoms with Crippen molar-refractivity contribution < 1.29 is 0 Å². The summed E-state index contributed by atoms with van der Waals surface area (Å²) in [5.41, 5.74) is 2.38. The lowest BCUT2D eigenvalue weighted by molar-refractivity contribution is 0.196. The largest absolute Gasteiger partial charge is 0.312 e. The number of halogens is 1. The van der Waals surface area contributed by atoms with Crippen molar-refractivity contribution in [2.75, 3.05) is 19.6 Å². The number of aromatic nitrogens is 2. The van der Waals surface area contributed by atoms with Crippen molar-refractivity contribution in [3.8, 4) is 5.69 Å². The minimum Gasteiger partial charge on any atom is -0.312 e. The number of rotatable bonds is 3. The summed E-state index contributed by atoms with van der Waals surface area (Å²) in [6.07, 6.45) is 1.88. The summed E-state index contributed by atoms with van der Waals surface area (Å²) in [6.45, 7) is 6.46. The highest BCUT2D eigenvalue weighted by Gasteiger charge is 2.17. The van der Waals surface area contributed by atoms with Crippen molar-refractivity contribution in [1.82, 2.24) is 20.0 Å². The fourth-order valence-electron chi connectivity index (χ4n) is 2.64. The van der Waals surface area contributed by atoms with Gasteiger partial charge >= 0.3 is 0 Å². The van der Waals surface area contributed by atoms with Gasteiger partial charge in [0.25, 0.3) is 0 Å². The average molecular weight is 293 g/mol. The average Bonchev–Trinajstić information content (AvgIpc) is 2.88. The van der Waals surface area contributed by atoms with E-state index >= 15 is 0 Å². The molecule has 0 radical (unpaired) electrons. The molecule has 2 aromatic rings. The number of hydrogen-bond acceptors (Lipinski definition) is 3. The number of nitrogens with zero attached hydrogens (tertiary/aromatic N) is 3. The van der Waals surface area contributed by atoms with E-state index in [4.69, 9.17) is 0 Å². The molecule has 20 heavy (non-hydrogen) atoms. The maximum absolute atomic E-state index is 4.45. The van der Waals surface area contributed by atoms with Crippen LogP contribution in [0.2, 0.25) is 0 Å². The SMILES string of the molecule is C[C@@H]1CN(Cc2ccnn2-c2ccccc2)CCN1.Cl. The van der Waals surface area contributed by atoms with Crippen molar-refractivity contribution in [1.29, 1.82) is 0 Å². The summed E-state index contributed by atoms with van der Waals surface area (Å²) in [6, 6.07) is 13.0. The molecule has 0 unspecified atom stereocenters. The van der Waals surface area contributed by atoms with Gasteiger partial charge in [-0.2, -0.15) is 5.10 Å². The zero-order chi connectivity index (χ0) is 13.1. The van der Waals surface area contributed by atoms with Crippen molar-refractivity contribution in [3.63, 3.8) is 0 Å². The molecule has 1 fully saturated rings. The molecule has 0 aliphatic carbocycles. The second kappa shape index (κ2) is 6.88. The van der Waals surface area contributed by atoms with Crippen LogP contribution in [-0.2, 0) is 6.54 Å². The summed E-state index contributed by atoms with van der Waals surface area (Å²) in [5.74, 6) is 0. The quantitative estimate of drug-likeness (QED) is 0.940. The minimum absolute atomic E-state index is 0. The van der Waals surface area contributed by atoms with Gasteiger partial charge in [-0.05, 0) is 25.1 Å². The molecule has 4 nitrogen and oxygen atoms in total. The Labute approximate surface area is 126 Å². The van der Waals surface area contributed by atoms with Crippen molar-refractivity contribution in [3.05, 3.63) is 48.3 Å². The van der Waals surface area contributed by atoms with E-state index in [1.54, 1.807) is 0 Å². The summed E-state index contributed by atoms with van der Waals surface area (Å²) in [5, 5.41) is 7.92. The lowest BCUT2D eigenvalue weighted by Gasteiger charge is -2.31. The van der Waals surface area contributed by atoms with Crippen LogP contribution in [0, 0.1) is 0 Å². The van der Waals surface area contributed by atoms with E-state index in [-0.39, 0.29) is 12.4 Å². The molecular weight excluding hydrogens is 272 g/mol. The molecule has 2 heterocycles. The van der Waals surface area contributed by atoms with Gasteiger partial charge < -0.3 is 5.32 Å². The lowest BCUT2D eigenvalue weighted by Crippen LogP contribution is -2.48. The third-order valence-corrected chi connectivity index (χ3v) is 3.56. The lowest BCUT2D eigenvalue weighted by atomic mass is 10.2. The van der Waals surface area contributed by atoms with Crippen LogP contribution in [0.1, 0.15) is 12.6 Å². The van der Waals surface area contributed by atoms with Gasteiger partial charge in [-0.3, -0.25) is 4.90 Å². The number of benzene rings is 1. The van der Waals surface area contributed by atoms with Crippen LogP contribution in [0.25, 0.3) is 5.69 Å². The van der Waals surface area contributed by atoms with Crippen LogP contribution >= 0.6 is 12.4 Å². The van der Waals surface area contributed by atoms with Gasteiger partial charge in [0, 0.05) is 38.4 Å². The molecule has 1 saturated heterocycles. The van der Waals surface area contributed by atoms with Gasteiger partial charge in [-0.25, -0.2) is 4.68 Å². The van der Waals surface area contributed by atoms with E-state index in [0.29, 0.717) is 6.04 Å². The van der Waals surface area contributed by atoms with Crippen molar-refractivity contribution in [2.45, 2.75) is 19.5 Å². The van der Waals surface area contributed by atoms with Crippen molar-refractivity contribution in [2.24, 2.45) is 0 Å². The molecule has 0 bridgehead atoms. The number of piperazine rings is 1. The van der Waals surface area contributed by atoms with Gasteiger partial charge in [0.15, 0.2) is 0 Å². The van der Waals surface area contributed by atoms with Gasteiger partial charge in [-0.1, -0.05) is 18.2 Å². The van der Waals surface area contributed by atoms with Gasteiger partial charge in [0.05, 0.1) is 11.4 Å². The zero-order valence-corrected chi connectivity index (χ0v) is 12.5. The Balaban J connectivity index is 0.00000147. The minimum atomic E-state index is 0. The summed E-state index contributed by atoms with van der Waals surface area (Å²) in [4.78, 5) is 2.48. The molecule has 1 aliphatic rings. The monoisotopic (exact) mass is 292 g/mol. The first-order chi connectivity index (χ1) is 9.33. The van der Waals surface area contributed by atoms with Gasteiger partial charge in [0.1, 0.15) is 0 Å². The van der Waals surface area contributed by atoms with Crippen LogP contribution < -0.4 is 5.32 Å². The molecule has 1 aromatic heterocycles. The molecule has 1 aromatic carbocycles. The standard InChI is InChI=1S/C15H20N4.ClH/c1-13-11-18(10-9-16-13)12-15-7-8-17-19(15)14-5-3-2-4-6-14;/h2-8,13,16H,9-12H2,1H3;1H/t13-;/m1./s1. The molecule has 1 atom stereocenters. The van der Waals surface area contributed by atoms with E-state index in [1.807, 2.05) is 29.1 Å². The summed E-state index contributed by atoms with van der Waals surface area (Å²) >= 11 is 0. The Bertz CT molecular complexity index is 526. The molecule has 1 N–H and O–H groups in total. The smallest absolute Gasteiger partial charge is 0.0649 e. The molecule has 5 heteroatoms. The van der Waals surface area contributed by atoms with Crippen LogP contribution in [-0.4, -0.2) is 40.4 Å². The highest BCUT2D eigenvalue weighted by atomic mass is 35.5. The van der Waals surface area contributed by atoms with Gasteiger partial charge in [0.2, 0.25) is 0 Å². The highest BCUT2D eigenvalue weighted by Crippen LogP contribution is 2.13. The van der Waals surface area contributed by atoms with Crippen molar-refractivity contribution >= 4 is 12.4 Å². The molecule has 108 valence electrons. The Hall–Kier alpha value is -1.36. The maximum Gasteiger partial charge on any atom is 0.0649 e. The molecule has 1 aliphatic heterocycles. The summed E-state index contributed by atoms with van der Waals surface area (Å²) in [7, 11) is 0. The Kier molecular flexibility index (Phi) is 5.17. The normalized spacial score (nSPS) is 19.6. The van der Waals surface area contributed by atoms with Gasteiger partial charge in [-0.15, -0.1) is 12.4 Å². The second-order valence-corrected chi connectivity index (χ2v) is 5.16. The van der Waals surface area contributed by atoms with E-state index in [9.17, 15) is 0 Å². The summed E-state index contributed by atoms with van der Waals surface area (Å²) < 4.78 is 2.03. The first-order valence-electron chi connectivity index (χ1n) is 6.87. The van der Waals surface area contributed by atoms with Crippen LogP contribution in [0.15, 0.2) is 42.6 Å². The number of hydrogen-bond donors (Lipinski definition) is 1. The van der Waals surface area contributed by atoms with E-state index in [2.05, 4.69) is 40.4 Å². The zero-order valence-electron chi connectivity index (χ0n) is 11.7. The maximum atomic E-state index is 4.45. The topological polar surface area (TPSA) is 33.1 Å². The first kappa shape index (κ1) is 15.0. The van der Waals surface area contributed by atoms with E-state index in [0.717, 1.165) is 31.9 Å². The highest BCUT2D eigenvalue weighted by molar-refractivity contribution is 5.85. The Morgan fingerprint density at radius 1 is 1.25 bits per heavy atom. The van der Waals surface area contributed by atoms with E-state index in [1.165, 1.54) is 5.69 Å². The first-order valence-corrected chi connectivity index (χ1v) is 6.87. The fourth-order valence-corrected chi connectivity index (χ4v) is 2.64. The van der Waals surface area contributed by atoms with Crippen LogP contribution in [0.4, 0.5) is 0 Å². The second-order valence-electron chi connectivity index (χ2n) is 5.16. The molecule has 0 amide bonds. The number of nitrogens with one attached hydrogen (secondary N) is 1. The predicted octanol–water partition coefficient (Wildman–Crippen LogP) is 2.09.